The van der Waals surface area contributed by atoms with Crippen LogP contribution < -0.4 is 16.0 Å². The van der Waals surface area contributed by atoms with Crippen molar-refractivity contribution in [1.82, 2.24) is 16.0 Å². The third-order valence-electron chi connectivity index (χ3n) is 4.36. The summed E-state index contributed by atoms with van der Waals surface area (Å²) in [6, 6.07) is 8.72. The normalized spacial score (nSPS) is 13.5. The van der Waals surface area contributed by atoms with Crippen molar-refractivity contribution in [2.75, 3.05) is 20.1 Å². The summed E-state index contributed by atoms with van der Waals surface area (Å²) < 4.78 is 5.52. The number of carbonyl (C=O) groups excluding carboxylic acids is 3. The second-order valence-electron chi connectivity index (χ2n) is 8.44. The summed E-state index contributed by atoms with van der Waals surface area (Å²) in [5, 5.41) is 8.40. The Bertz CT molecular complexity index is 668. The van der Waals surface area contributed by atoms with Gasteiger partial charge in [0.2, 0.25) is 11.8 Å². The lowest BCUT2D eigenvalue weighted by molar-refractivity contribution is -0.159. The zero-order chi connectivity index (χ0) is 22.0. The molecule has 7 heteroatoms. The monoisotopic (exact) mass is 405 g/mol. The molecule has 7 nitrogen and oxygen atoms in total. The van der Waals surface area contributed by atoms with Gasteiger partial charge in [0.25, 0.3) is 0 Å². The predicted octanol–water partition coefficient (Wildman–Crippen LogP) is 1.66. The highest BCUT2D eigenvalue weighted by Crippen LogP contribution is 2.14. The molecule has 0 aliphatic heterocycles. The Hall–Kier alpha value is -2.41. The summed E-state index contributed by atoms with van der Waals surface area (Å²) >= 11 is 0. The quantitative estimate of drug-likeness (QED) is 0.515. The largest absolute Gasteiger partial charge is 0.458 e. The van der Waals surface area contributed by atoms with Gasteiger partial charge < -0.3 is 20.7 Å². The van der Waals surface area contributed by atoms with Crippen molar-refractivity contribution in [2.24, 2.45) is 11.8 Å². The standard InChI is InChI=1S/C22H35N3O4/c1-15(2)17(13-24-14-19(26)23-6)20(27)25-18(21(28)29-22(3,4)5)12-16-10-8-7-9-11-16/h7-11,15,17-18,24H,12-14H2,1-6H3,(H,23,26)(H,25,27). The van der Waals surface area contributed by atoms with Crippen LogP contribution in [0.3, 0.4) is 0 Å². The van der Waals surface area contributed by atoms with Gasteiger partial charge in [-0.1, -0.05) is 44.2 Å². The van der Waals surface area contributed by atoms with E-state index in [0.717, 1.165) is 5.56 Å². The Balaban J connectivity index is 2.88. The minimum Gasteiger partial charge on any atom is -0.458 e. The highest BCUT2D eigenvalue weighted by Gasteiger charge is 2.30. The average molecular weight is 406 g/mol. The maximum atomic E-state index is 12.9. The van der Waals surface area contributed by atoms with Crippen LogP contribution in [0.4, 0.5) is 0 Å². The lowest BCUT2D eigenvalue weighted by Crippen LogP contribution is -2.50. The minimum atomic E-state index is -0.788. The molecule has 1 aromatic carbocycles. The number of ether oxygens (including phenoxy) is 1. The number of esters is 1. The van der Waals surface area contributed by atoms with Crippen LogP contribution in [0.2, 0.25) is 0 Å². The van der Waals surface area contributed by atoms with Crippen molar-refractivity contribution < 1.29 is 19.1 Å². The molecule has 0 aliphatic rings. The SMILES string of the molecule is CNC(=O)CNCC(C(=O)NC(Cc1ccccc1)C(=O)OC(C)(C)C)C(C)C. The second-order valence-corrected chi connectivity index (χ2v) is 8.44. The van der Waals surface area contributed by atoms with Gasteiger partial charge in [0.15, 0.2) is 0 Å². The van der Waals surface area contributed by atoms with Gasteiger partial charge in [0, 0.05) is 20.0 Å². The fourth-order valence-electron chi connectivity index (χ4n) is 2.76. The molecule has 0 saturated heterocycles. The fraction of sp³-hybridized carbons (Fsp3) is 0.591. The van der Waals surface area contributed by atoms with Gasteiger partial charge in [0.05, 0.1) is 12.5 Å². The summed E-state index contributed by atoms with van der Waals surface area (Å²) in [7, 11) is 1.56. The number of carbonyl (C=O) groups is 3. The van der Waals surface area contributed by atoms with Gasteiger partial charge in [-0.2, -0.15) is 0 Å². The highest BCUT2D eigenvalue weighted by molar-refractivity contribution is 5.86. The molecule has 29 heavy (non-hydrogen) atoms. The van der Waals surface area contributed by atoms with E-state index in [2.05, 4.69) is 16.0 Å². The Morgan fingerprint density at radius 1 is 1.07 bits per heavy atom. The van der Waals surface area contributed by atoms with Crippen molar-refractivity contribution in [2.45, 2.75) is 52.7 Å². The molecule has 2 unspecified atom stereocenters. The van der Waals surface area contributed by atoms with Gasteiger partial charge in [-0.15, -0.1) is 0 Å². The van der Waals surface area contributed by atoms with Gasteiger partial charge in [0.1, 0.15) is 11.6 Å². The first-order chi connectivity index (χ1) is 13.5. The van der Waals surface area contributed by atoms with E-state index in [0.29, 0.717) is 13.0 Å². The first kappa shape index (κ1) is 24.6. The second kappa shape index (κ2) is 11.6. The van der Waals surface area contributed by atoms with E-state index in [1.807, 2.05) is 44.2 Å². The number of likely N-dealkylation sites (N-methyl/N-ethyl adjacent to an activating group) is 1. The van der Waals surface area contributed by atoms with E-state index in [-0.39, 0.29) is 30.2 Å². The number of amides is 2. The van der Waals surface area contributed by atoms with Crippen molar-refractivity contribution in [3.8, 4) is 0 Å². The molecular weight excluding hydrogens is 370 g/mol. The van der Waals surface area contributed by atoms with Crippen molar-refractivity contribution in [3.05, 3.63) is 35.9 Å². The minimum absolute atomic E-state index is 0.0307. The molecule has 2 amide bonds. The molecule has 162 valence electrons. The molecule has 0 aromatic heterocycles. The summed E-state index contributed by atoms with van der Waals surface area (Å²) in [6.07, 6.45) is 0.345. The number of hydrogen-bond acceptors (Lipinski definition) is 5. The smallest absolute Gasteiger partial charge is 0.329 e. The molecule has 1 aromatic rings. The molecule has 0 fully saturated rings. The van der Waals surface area contributed by atoms with E-state index in [9.17, 15) is 14.4 Å². The number of nitrogens with one attached hydrogen (secondary N) is 3. The van der Waals surface area contributed by atoms with Crippen LogP contribution in [-0.2, 0) is 25.5 Å². The van der Waals surface area contributed by atoms with Crippen molar-refractivity contribution in [3.63, 3.8) is 0 Å². The van der Waals surface area contributed by atoms with Gasteiger partial charge >= 0.3 is 5.97 Å². The lowest BCUT2D eigenvalue weighted by Gasteiger charge is -2.27. The number of rotatable bonds is 10. The molecular formula is C22H35N3O4. The van der Waals surface area contributed by atoms with Crippen molar-refractivity contribution in [1.29, 1.82) is 0 Å². The van der Waals surface area contributed by atoms with E-state index < -0.39 is 17.6 Å². The molecule has 0 aliphatic carbocycles. The van der Waals surface area contributed by atoms with Crippen molar-refractivity contribution >= 4 is 17.8 Å². The van der Waals surface area contributed by atoms with Crippen LogP contribution in [0.15, 0.2) is 30.3 Å². The summed E-state index contributed by atoms with van der Waals surface area (Å²) in [5.41, 5.74) is 0.283. The van der Waals surface area contributed by atoms with Gasteiger partial charge in [-0.3, -0.25) is 9.59 Å². The van der Waals surface area contributed by atoms with E-state index >= 15 is 0 Å². The fourth-order valence-corrected chi connectivity index (χ4v) is 2.76. The molecule has 0 spiro atoms. The van der Waals surface area contributed by atoms with E-state index in [1.165, 1.54) is 0 Å². The molecule has 0 saturated carbocycles. The number of hydrogen-bond donors (Lipinski definition) is 3. The van der Waals surface area contributed by atoms with Crippen LogP contribution in [0.5, 0.6) is 0 Å². The van der Waals surface area contributed by atoms with Crippen LogP contribution in [0, 0.1) is 11.8 Å². The van der Waals surface area contributed by atoms with E-state index in [4.69, 9.17) is 4.74 Å². The Labute approximate surface area is 174 Å². The van der Waals surface area contributed by atoms with Crippen LogP contribution in [0.1, 0.15) is 40.2 Å². The molecule has 0 heterocycles. The summed E-state index contributed by atoms with van der Waals surface area (Å²) in [4.78, 5) is 37.1. The lowest BCUT2D eigenvalue weighted by atomic mass is 9.94. The molecule has 0 bridgehead atoms. The Morgan fingerprint density at radius 2 is 1.69 bits per heavy atom. The third-order valence-corrected chi connectivity index (χ3v) is 4.36. The molecule has 3 N–H and O–H groups in total. The summed E-state index contributed by atoms with van der Waals surface area (Å²) in [5.74, 6) is -1.21. The van der Waals surface area contributed by atoms with Crippen LogP contribution in [0.25, 0.3) is 0 Å². The zero-order valence-corrected chi connectivity index (χ0v) is 18.4. The third kappa shape index (κ3) is 9.56. The first-order valence-electron chi connectivity index (χ1n) is 10.0. The maximum absolute atomic E-state index is 12.9. The summed E-state index contributed by atoms with van der Waals surface area (Å²) in [6.45, 7) is 9.73. The van der Waals surface area contributed by atoms with Gasteiger partial charge in [-0.05, 0) is 32.3 Å². The number of benzene rings is 1. The van der Waals surface area contributed by atoms with Crippen LogP contribution in [-0.4, -0.2) is 49.6 Å². The zero-order valence-electron chi connectivity index (χ0n) is 18.4. The van der Waals surface area contributed by atoms with Gasteiger partial charge in [-0.25, -0.2) is 4.79 Å². The topological polar surface area (TPSA) is 96.5 Å². The molecule has 2 atom stereocenters. The first-order valence-corrected chi connectivity index (χ1v) is 10.0. The predicted molar refractivity (Wildman–Crippen MR) is 113 cm³/mol. The van der Waals surface area contributed by atoms with Crippen LogP contribution >= 0.6 is 0 Å². The highest BCUT2D eigenvalue weighted by atomic mass is 16.6. The molecule has 1 rings (SSSR count). The maximum Gasteiger partial charge on any atom is 0.329 e. The Kier molecular flexibility index (Phi) is 9.81. The molecule has 0 radical (unpaired) electrons. The van der Waals surface area contributed by atoms with E-state index in [1.54, 1.807) is 27.8 Å². The Morgan fingerprint density at radius 3 is 2.21 bits per heavy atom. The average Bonchev–Trinajstić information content (AvgIpc) is 2.63.